The van der Waals surface area contributed by atoms with E-state index in [0.29, 0.717) is 26.1 Å². The van der Waals surface area contributed by atoms with Crippen LogP contribution in [0.1, 0.15) is 40.0 Å². The first kappa shape index (κ1) is 17.0. The minimum absolute atomic E-state index is 0.0248. The van der Waals surface area contributed by atoms with Crippen LogP contribution in [0.2, 0.25) is 0 Å². The Balaban J connectivity index is 1.38. The normalized spacial score (nSPS) is 19.4. The van der Waals surface area contributed by atoms with Crippen molar-refractivity contribution in [3.05, 3.63) is 63.3 Å². The lowest BCUT2D eigenvalue weighted by Crippen LogP contribution is -2.45. The molecule has 4 rings (SSSR count). The predicted octanol–water partition coefficient (Wildman–Crippen LogP) is 1.73. The highest BCUT2D eigenvalue weighted by Gasteiger charge is 2.25. The van der Waals surface area contributed by atoms with Crippen molar-refractivity contribution in [1.29, 1.82) is 0 Å². The number of aryl methyl sites for hydroxylation is 3. The highest BCUT2D eigenvalue weighted by Crippen LogP contribution is 2.24. The van der Waals surface area contributed by atoms with Gasteiger partial charge in [-0.1, -0.05) is 6.07 Å². The predicted molar refractivity (Wildman–Crippen MR) is 97.3 cm³/mol. The lowest BCUT2D eigenvalue weighted by Gasteiger charge is -2.33. The van der Waals surface area contributed by atoms with Crippen molar-refractivity contribution in [3.63, 3.8) is 0 Å². The van der Waals surface area contributed by atoms with Gasteiger partial charge in [0.15, 0.2) is 0 Å². The SMILES string of the molecule is O=C(c1ccc2c(c1)CCC2)N1CCOC(CCc2cc(=O)[nH]cn2)C1. The van der Waals surface area contributed by atoms with Crippen LogP contribution in [0.15, 0.2) is 35.4 Å². The van der Waals surface area contributed by atoms with E-state index in [1.807, 2.05) is 11.0 Å². The third-order valence-electron chi connectivity index (χ3n) is 5.23. The van der Waals surface area contributed by atoms with Gasteiger partial charge in [0.2, 0.25) is 0 Å². The molecule has 6 heteroatoms. The molecule has 2 aromatic rings. The molecule has 2 aliphatic rings. The number of nitrogens with one attached hydrogen (secondary N) is 1. The Bertz CT molecular complexity index is 861. The Morgan fingerprint density at radius 3 is 3.04 bits per heavy atom. The number of hydrogen-bond donors (Lipinski definition) is 1. The first-order chi connectivity index (χ1) is 12.7. The molecular formula is C20H23N3O3. The standard InChI is InChI=1S/C20H23N3O3/c24-19-11-17(21-13-22-19)6-7-18-12-23(8-9-26-18)20(25)16-5-4-14-2-1-3-15(14)10-16/h4-5,10-11,13,18H,1-3,6-9,12H2,(H,21,22,24). The van der Waals surface area contributed by atoms with Crippen LogP contribution >= 0.6 is 0 Å². The van der Waals surface area contributed by atoms with Crippen LogP contribution in [0.3, 0.4) is 0 Å². The Morgan fingerprint density at radius 1 is 1.27 bits per heavy atom. The van der Waals surface area contributed by atoms with Crippen molar-refractivity contribution in [2.24, 2.45) is 0 Å². The molecule has 1 fully saturated rings. The summed E-state index contributed by atoms with van der Waals surface area (Å²) in [5, 5.41) is 0. The van der Waals surface area contributed by atoms with Gasteiger partial charge in [0.25, 0.3) is 11.5 Å². The highest BCUT2D eigenvalue weighted by atomic mass is 16.5. The number of hydrogen-bond acceptors (Lipinski definition) is 4. The topological polar surface area (TPSA) is 75.3 Å². The fourth-order valence-corrected chi connectivity index (χ4v) is 3.82. The van der Waals surface area contributed by atoms with Crippen LogP contribution in [0.5, 0.6) is 0 Å². The summed E-state index contributed by atoms with van der Waals surface area (Å²) in [6.45, 7) is 1.75. The van der Waals surface area contributed by atoms with E-state index in [1.165, 1.54) is 29.9 Å². The minimum atomic E-state index is -0.145. The summed E-state index contributed by atoms with van der Waals surface area (Å²) < 4.78 is 5.81. The second-order valence-electron chi connectivity index (χ2n) is 7.02. The van der Waals surface area contributed by atoms with E-state index < -0.39 is 0 Å². The molecule has 1 aromatic heterocycles. The number of morpholine rings is 1. The van der Waals surface area contributed by atoms with E-state index >= 15 is 0 Å². The third-order valence-corrected chi connectivity index (χ3v) is 5.23. The van der Waals surface area contributed by atoms with Crippen molar-refractivity contribution in [2.75, 3.05) is 19.7 Å². The molecular weight excluding hydrogens is 330 g/mol. The van der Waals surface area contributed by atoms with E-state index in [2.05, 4.69) is 22.1 Å². The van der Waals surface area contributed by atoms with E-state index in [0.717, 1.165) is 30.5 Å². The number of rotatable bonds is 4. The largest absolute Gasteiger partial charge is 0.375 e. The van der Waals surface area contributed by atoms with Crippen LogP contribution < -0.4 is 5.56 Å². The fourth-order valence-electron chi connectivity index (χ4n) is 3.82. The zero-order chi connectivity index (χ0) is 17.9. The third kappa shape index (κ3) is 3.70. The summed E-state index contributed by atoms with van der Waals surface area (Å²) in [4.78, 5) is 32.8. The molecule has 0 spiro atoms. The first-order valence-electron chi connectivity index (χ1n) is 9.25. The molecule has 1 saturated heterocycles. The van der Waals surface area contributed by atoms with Gasteiger partial charge >= 0.3 is 0 Å². The number of nitrogens with zero attached hydrogens (tertiary/aromatic N) is 2. The number of fused-ring (bicyclic) bond motifs is 1. The number of benzene rings is 1. The van der Waals surface area contributed by atoms with Crippen LogP contribution in [0, 0.1) is 0 Å². The van der Waals surface area contributed by atoms with Gasteiger partial charge in [-0.05, 0) is 55.4 Å². The van der Waals surface area contributed by atoms with Gasteiger partial charge in [0.1, 0.15) is 0 Å². The maximum atomic E-state index is 12.9. The maximum Gasteiger partial charge on any atom is 0.254 e. The van der Waals surface area contributed by atoms with Crippen LogP contribution in [0.4, 0.5) is 0 Å². The van der Waals surface area contributed by atoms with Gasteiger partial charge in [0, 0.05) is 30.4 Å². The molecule has 6 nitrogen and oxygen atoms in total. The van der Waals surface area contributed by atoms with E-state index in [9.17, 15) is 9.59 Å². The van der Waals surface area contributed by atoms with Gasteiger partial charge in [0.05, 0.1) is 19.0 Å². The summed E-state index contributed by atoms with van der Waals surface area (Å²) in [5.41, 5.74) is 4.09. The number of aromatic nitrogens is 2. The smallest absolute Gasteiger partial charge is 0.254 e. The highest BCUT2D eigenvalue weighted by molar-refractivity contribution is 5.94. The molecule has 26 heavy (non-hydrogen) atoms. The Morgan fingerprint density at radius 2 is 2.15 bits per heavy atom. The molecule has 2 heterocycles. The fraction of sp³-hybridized carbons (Fsp3) is 0.450. The van der Waals surface area contributed by atoms with Gasteiger partial charge in [-0.3, -0.25) is 9.59 Å². The number of amides is 1. The van der Waals surface area contributed by atoms with Crippen LogP contribution in [-0.2, 0) is 24.0 Å². The van der Waals surface area contributed by atoms with Gasteiger partial charge in [-0.25, -0.2) is 4.98 Å². The maximum absolute atomic E-state index is 12.9. The van der Waals surface area contributed by atoms with Crippen molar-refractivity contribution < 1.29 is 9.53 Å². The average molecular weight is 353 g/mol. The summed E-state index contributed by atoms with van der Waals surface area (Å²) in [7, 11) is 0. The minimum Gasteiger partial charge on any atom is -0.375 e. The average Bonchev–Trinajstić information content (AvgIpc) is 3.14. The quantitative estimate of drug-likeness (QED) is 0.908. The summed E-state index contributed by atoms with van der Waals surface area (Å²) in [6, 6.07) is 7.63. The van der Waals surface area contributed by atoms with Gasteiger partial charge in [-0.15, -0.1) is 0 Å². The molecule has 0 bridgehead atoms. The van der Waals surface area contributed by atoms with E-state index in [4.69, 9.17) is 4.74 Å². The van der Waals surface area contributed by atoms with Crippen molar-refractivity contribution in [2.45, 2.75) is 38.2 Å². The molecule has 1 N–H and O–H groups in total. The Labute approximate surface area is 152 Å². The second kappa shape index (κ2) is 7.41. The lowest BCUT2D eigenvalue weighted by molar-refractivity contribution is -0.0247. The molecule has 1 unspecified atom stereocenters. The molecule has 1 atom stereocenters. The first-order valence-corrected chi connectivity index (χ1v) is 9.25. The lowest BCUT2D eigenvalue weighted by atomic mass is 10.0. The summed E-state index contributed by atoms with van der Waals surface area (Å²) in [6.07, 6.45) is 6.18. The molecule has 1 amide bonds. The van der Waals surface area contributed by atoms with Crippen molar-refractivity contribution in [3.8, 4) is 0 Å². The molecule has 0 radical (unpaired) electrons. The zero-order valence-corrected chi connectivity index (χ0v) is 14.7. The number of ether oxygens (including phenoxy) is 1. The monoisotopic (exact) mass is 353 g/mol. The Kier molecular flexibility index (Phi) is 4.84. The van der Waals surface area contributed by atoms with Crippen molar-refractivity contribution >= 4 is 5.91 Å². The number of aromatic amines is 1. The Hall–Kier alpha value is -2.47. The summed E-state index contributed by atoms with van der Waals surface area (Å²) >= 11 is 0. The molecule has 1 aromatic carbocycles. The van der Waals surface area contributed by atoms with Crippen LogP contribution in [0.25, 0.3) is 0 Å². The molecule has 1 aliphatic heterocycles. The molecule has 1 aliphatic carbocycles. The van der Waals surface area contributed by atoms with E-state index in [-0.39, 0.29) is 17.6 Å². The van der Waals surface area contributed by atoms with Crippen LogP contribution in [-0.4, -0.2) is 46.6 Å². The van der Waals surface area contributed by atoms with E-state index in [1.54, 1.807) is 0 Å². The number of carbonyl (C=O) groups is 1. The molecule has 136 valence electrons. The summed E-state index contributed by atoms with van der Waals surface area (Å²) in [5.74, 6) is 0.0854. The number of carbonyl (C=O) groups excluding carboxylic acids is 1. The van der Waals surface area contributed by atoms with Crippen molar-refractivity contribution in [1.82, 2.24) is 14.9 Å². The van der Waals surface area contributed by atoms with Gasteiger partial charge < -0.3 is 14.6 Å². The zero-order valence-electron chi connectivity index (χ0n) is 14.7. The molecule has 0 saturated carbocycles. The van der Waals surface area contributed by atoms with Gasteiger partial charge in [-0.2, -0.15) is 0 Å². The second-order valence-corrected chi connectivity index (χ2v) is 7.02. The number of H-pyrrole nitrogens is 1.